The van der Waals surface area contributed by atoms with Gasteiger partial charge in [0, 0.05) is 48.4 Å². The molecular weight excluding hydrogens is 418 g/mol. The Kier molecular flexibility index (Phi) is 6.35. The predicted molar refractivity (Wildman–Crippen MR) is 127 cm³/mol. The summed E-state index contributed by atoms with van der Waals surface area (Å²) in [7, 11) is 0. The van der Waals surface area contributed by atoms with Crippen molar-refractivity contribution in [3.63, 3.8) is 0 Å². The topological polar surface area (TPSA) is 102 Å². The van der Waals surface area contributed by atoms with Crippen LogP contribution >= 0.6 is 0 Å². The molecule has 0 atom stereocenters. The molecule has 2 N–H and O–H groups in total. The normalized spacial score (nSPS) is 10.9. The second-order valence-electron chi connectivity index (χ2n) is 7.93. The van der Waals surface area contributed by atoms with E-state index in [1.807, 2.05) is 57.3 Å². The van der Waals surface area contributed by atoms with E-state index in [2.05, 4.69) is 20.6 Å². The van der Waals surface area contributed by atoms with Crippen molar-refractivity contribution in [2.24, 2.45) is 0 Å². The second-order valence-corrected chi connectivity index (χ2v) is 7.93. The number of nitrogens with one attached hydrogen (secondary N) is 2. The van der Waals surface area contributed by atoms with Crippen LogP contribution in [0, 0.1) is 6.92 Å². The Morgan fingerprint density at radius 2 is 1.97 bits per heavy atom. The van der Waals surface area contributed by atoms with Crippen molar-refractivity contribution in [1.29, 1.82) is 0 Å². The predicted octanol–water partition coefficient (Wildman–Crippen LogP) is 4.78. The highest BCUT2D eigenvalue weighted by molar-refractivity contribution is 5.89. The van der Waals surface area contributed by atoms with E-state index in [4.69, 9.17) is 4.42 Å². The highest BCUT2D eigenvalue weighted by Crippen LogP contribution is 2.32. The van der Waals surface area contributed by atoms with Gasteiger partial charge in [0.2, 0.25) is 0 Å². The van der Waals surface area contributed by atoms with E-state index in [0.717, 1.165) is 22.5 Å². The Balaban J connectivity index is 1.64. The third-order valence-electron chi connectivity index (χ3n) is 5.09. The van der Waals surface area contributed by atoms with E-state index >= 15 is 0 Å². The Bertz CT molecular complexity index is 1330. The Labute approximate surface area is 191 Å². The number of anilines is 1. The number of aromatic nitrogens is 3. The van der Waals surface area contributed by atoms with Crippen molar-refractivity contribution in [3.05, 3.63) is 88.8 Å². The second kappa shape index (κ2) is 9.52. The molecule has 0 fully saturated rings. The standard InChI is InChI=1S/C25H25N5O3/c1-16(2)30-15-19(7-11-23(30)31)20-8-10-22(28-24(20)21-9-6-17(3)33-21)29-25(32)27-14-18-5-4-12-26-13-18/h4-13,15-16H,14H2,1-3H3,(H2,27,28,29,32). The van der Waals surface area contributed by atoms with Gasteiger partial charge in [-0.15, -0.1) is 0 Å². The number of carbonyl (C=O) groups excluding carboxylic acids is 1. The number of hydrogen-bond acceptors (Lipinski definition) is 5. The van der Waals surface area contributed by atoms with Crippen molar-refractivity contribution in [1.82, 2.24) is 19.9 Å². The number of carbonyl (C=O) groups is 1. The zero-order valence-electron chi connectivity index (χ0n) is 18.7. The van der Waals surface area contributed by atoms with Crippen molar-refractivity contribution >= 4 is 11.8 Å². The lowest BCUT2D eigenvalue weighted by Crippen LogP contribution is -2.28. The molecule has 0 saturated carbocycles. The monoisotopic (exact) mass is 443 g/mol. The molecule has 4 rings (SSSR count). The van der Waals surface area contributed by atoms with Gasteiger partial charge in [0.25, 0.3) is 5.56 Å². The first-order valence-electron chi connectivity index (χ1n) is 10.6. The third-order valence-corrected chi connectivity index (χ3v) is 5.09. The number of furan rings is 1. The maximum Gasteiger partial charge on any atom is 0.320 e. The van der Waals surface area contributed by atoms with Crippen LogP contribution in [0.15, 0.2) is 76.3 Å². The summed E-state index contributed by atoms with van der Waals surface area (Å²) < 4.78 is 7.50. The number of urea groups is 1. The van der Waals surface area contributed by atoms with E-state index in [1.165, 1.54) is 0 Å². The lowest BCUT2D eigenvalue weighted by Gasteiger charge is -2.14. The van der Waals surface area contributed by atoms with Crippen LogP contribution in [0.1, 0.15) is 31.2 Å². The summed E-state index contributed by atoms with van der Waals surface area (Å²) >= 11 is 0. The number of amides is 2. The fourth-order valence-electron chi connectivity index (χ4n) is 3.42. The van der Waals surface area contributed by atoms with Crippen molar-refractivity contribution in [2.75, 3.05) is 5.32 Å². The molecule has 4 aromatic heterocycles. The molecule has 2 amide bonds. The lowest BCUT2D eigenvalue weighted by atomic mass is 10.0. The zero-order valence-corrected chi connectivity index (χ0v) is 18.7. The molecule has 0 saturated heterocycles. The highest BCUT2D eigenvalue weighted by Gasteiger charge is 2.16. The summed E-state index contributed by atoms with van der Waals surface area (Å²) in [5, 5.41) is 5.56. The smallest absolute Gasteiger partial charge is 0.320 e. The Morgan fingerprint density at radius 1 is 1.12 bits per heavy atom. The first-order valence-corrected chi connectivity index (χ1v) is 10.6. The van der Waals surface area contributed by atoms with Crippen molar-refractivity contribution < 1.29 is 9.21 Å². The number of rotatable bonds is 6. The van der Waals surface area contributed by atoms with Gasteiger partial charge in [-0.1, -0.05) is 6.07 Å². The van der Waals surface area contributed by atoms with Gasteiger partial charge >= 0.3 is 6.03 Å². The van der Waals surface area contributed by atoms with Crippen molar-refractivity contribution in [2.45, 2.75) is 33.4 Å². The number of aryl methyl sites for hydroxylation is 1. The fraction of sp³-hybridized carbons (Fsp3) is 0.200. The minimum absolute atomic E-state index is 0.0177. The summed E-state index contributed by atoms with van der Waals surface area (Å²) in [6.07, 6.45) is 5.19. The summed E-state index contributed by atoms with van der Waals surface area (Å²) in [4.78, 5) is 33.3. The molecular formula is C25H25N5O3. The average Bonchev–Trinajstić information content (AvgIpc) is 3.25. The maximum absolute atomic E-state index is 12.4. The number of nitrogens with zero attached hydrogens (tertiary/aromatic N) is 3. The third kappa shape index (κ3) is 5.17. The van der Waals surface area contributed by atoms with Gasteiger partial charge in [0.15, 0.2) is 5.76 Å². The van der Waals surface area contributed by atoms with Gasteiger partial charge in [0.1, 0.15) is 17.3 Å². The fourth-order valence-corrected chi connectivity index (χ4v) is 3.42. The summed E-state index contributed by atoms with van der Waals surface area (Å²) in [5.41, 5.74) is 3.01. The molecule has 0 aliphatic rings. The number of pyridine rings is 3. The molecule has 4 aromatic rings. The lowest BCUT2D eigenvalue weighted by molar-refractivity contribution is 0.251. The molecule has 0 bridgehead atoms. The average molecular weight is 444 g/mol. The Hall–Kier alpha value is -4.20. The van der Waals surface area contributed by atoms with Crippen LogP contribution in [-0.2, 0) is 6.54 Å². The van der Waals surface area contributed by atoms with Gasteiger partial charge in [-0.05, 0) is 62.7 Å². The Morgan fingerprint density at radius 3 is 2.67 bits per heavy atom. The van der Waals surface area contributed by atoms with Crippen LogP contribution < -0.4 is 16.2 Å². The van der Waals surface area contributed by atoms with E-state index in [1.54, 1.807) is 35.2 Å². The largest absolute Gasteiger partial charge is 0.460 e. The van der Waals surface area contributed by atoms with E-state index in [-0.39, 0.29) is 17.6 Å². The number of hydrogen-bond donors (Lipinski definition) is 2. The molecule has 0 aromatic carbocycles. The van der Waals surface area contributed by atoms with E-state index in [0.29, 0.717) is 23.8 Å². The van der Waals surface area contributed by atoms with Crippen molar-refractivity contribution in [3.8, 4) is 22.6 Å². The van der Waals surface area contributed by atoms with Gasteiger partial charge in [-0.2, -0.15) is 0 Å². The summed E-state index contributed by atoms with van der Waals surface area (Å²) in [5.74, 6) is 1.70. The van der Waals surface area contributed by atoms with Crippen LogP contribution in [0.25, 0.3) is 22.6 Å². The highest BCUT2D eigenvalue weighted by atomic mass is 16.3. The quantitative estimate of drug-likeness (QED) is 0.447. The molecule has 0 aliphatic heterocycles. The molecule has 0 spiro atoms. The molecule has 8 heteroatoms. The maximum atomic E-state index is 12.4. The van der Waals surface area contributed by atoms with E-state index in [9.17, 15) is 9.59 Å². The van der Waals surface area contributed by atoms with E-state index < -0.39 is 0 Å². The molecule has 0 aliphatic carbocycles. The first-order chi connectivity index (χ1) is 15.9. The van der Waals surface area contributed by atoms with Crippen LogP contribution in [-0.4, -0.2) is 20.6 Å². The zero-order chi connectivity index (χ0) is 23.4. The molecule has 0 unspecified atom stereocenters. The van der Waals surface area contributed by atoms with Gasteiger partial charge in [-0.3, -0.25) is 15.1 Å². The van der Waals surface area contributed by atoms with Crippen LogP contribution in [0.2, 0.25) is 0 Å². The molecule has 4 heterocycles. The molecule has 168 valence electrons. The molecule has 33 heavy (non-hydrogen) atoms. The SMILES string of the molecule is Cc1ccc(-c2nc(NC(=O)NCc3cccnc3)ccc2-c2ccc(=O)n(C(C)C)c2)o1. The van der Waals surface area contributed by atoms with Crippen LogP contribution in [0.5, 0.6) is 0 Å². The van der Waals surface area contributed by atoms with Gasteiger partial charge in [0.05, 0.1) is 0 Å². The van der Waals surface area contributed by atoms with Crippen LogP contribution in [0.4, 0.5) is 10.6 Å². The molecule has 8 nitrogen and oxygen atoms in total. The summed E-state index contributed by atoms with van der Waals surface area (Å²) in [6.45, 7) is 6.11. The van der Waals surface area contributed by atoms with Gasteiger partial charge in [-0.25, -0.2) is 9.78 Å². The first kappa shape index (κ1) is 22.0. The molecule has 0 radical (unpaired) electrons. The minimum atomic E-state index is -0.381. The minimum Gasteiger partial charge on any atom is -0.460 e. The van der Waals surface area contributed by atoms with Gasteiger partial charge < -0.3 is 14.3 Å². The summed E-state index contributed by atoms with van der Waals surface area (Å²) in [6, 6.07) is 13.9. The van der Waals surface area contributed by atoms with Crippen LogP contribution in [0.3, 0.4) is 0 Å².